The summed E-state index contributed by atoms with van der Waals surface area (Å²) in [6.45, 7) is 3.91. The number of phenolic OH excluding ortho intramolecular Hbond substituents is 1. The number of rotatable bonds is 5. The molecule has 0 bridgehead atoms. The number of carbonyl (C=O) groups excluding carboxylic acids is 1. The van der Waals surface area contributed by atoms with Gasteiger partial charge in [-0.15, -0.1) is 11.3 Å². The molecule has 150 valence electrons. The van der Waals surface area contributed by atoms with Crippen LogP contribution in [0.25, 0.3) is 22.5 Å². The van der Waals surface area contributed by atoms with Gasteiger partial charge < -0.3 is 16.2 Å². The molecule has 0 atom stereocenters. The van der Waals surface area contributed by atoms with Crippen molar-refractivity contribution in [1.82, 2.24) is 9.97 Å². The highest BCUT2D eigenvalue weighted by molar-refractivity contribution is 7.14. The van der Waals surface area contributed by atoms with Crippen molar-refractivity contribution in [2.24, 2.45) is 5.73 Å². The molecule has 7 heteroatoms. The second kappa shape index (κ2) is 7.96. The lowest BCUT2D eigenvalue weighted by molar-refractivity contribution is 0.100. The Balaban J connectivity index is 1.68. The average Bonchev–Trinajstić information content (AvgIpc) is 3.15. The van der Waals surface area contributed by atoms with Gasteiger partial charge in [0.1, 0.15) is 5.75 Å². The van der Waals surface area contributed by atoms with Crippen LogP contribution in [-0.4, -0.2) is 21.0 Å². The van der Waals surface area contributed by atoms with Gasteiger partial charge in [-0.3, -0.25) is 9.78 Å². The van der Waals surface area contributed by atoms with Crippen LogP contribution < -0.4 is 11.1 Å². The molecule has 0 aliphatic rings. The summed E-state index contributed by atoms with van der Waals surface area (Å²) in [6.07, 6.45) is 0. The van der Waals surface area contributed by atoms with Gasteiger partial charge in [0, 0.05) is 33.5 Å². The summed E-state index contributed by atoms with van der Waals surface area (Å²) in [7, 11) is 0. The highest BCUT2D eigenvalue weighted by atomic mass is 32.1. The molecule has 0 aliphatic heterocycles. The van der Waals surface area contributed by atoms with Crippen molar-refractivity contribution in [2.75, 3.05) is 5.32 Å². The Morgan fingerprint density at radius 3 is 2.60 bits per heavy atom. The van der Waals surface area contributed by atoms with Crippen molar-refractivity contribution < 1.29 is 9.90 Å². The minimum atomic E-state index is -0.502. The quantitative estimate of drug-likeness (QED) is 0.423. The van der Waals surface area contributed by atoms with E-state index in [2.05, 4.69) is 15.3 Å². The maximum Gasteiger partial charge on any atom is 0.249 e. The molecule has 6 nitrogen and oxygen atoms in total. The summed E-state index contributed by atoms with van der Waals surface area (Å²) in [4.78, 5) is 21.1. The van der Waals surface area contributed by atoms with Crippen LogP contribution in [0.3, 0.4) is 0 Å². The van der Waals surface area contributed by atoms with Crippen LogP contribution in [0.1, 0.15) is 21.6 Å². The molecule has 1 amide bonds. The zero-order valence-electron chi connectivity index (χ0n) is 16.5. The van der Waals surface area contributed by atoms with E-state index in [4.69, 9.17) is 5.73 Å². The predicted octanol–water partition coefficient (Wildman–Crippen LogP) is 5.04. The van der Waals surface area contributed by atoms with Gasteiger partial charge in [-0.05, 0) is 61.9 Å². The van der Waals surface area contributed by atoms with Gasteiger partial charge in [0.25, 0.3) is 0 Å². The third kappa shape index (κ3) is 4.16. The third-order valence-corrected chi connectivity index (χ3v) is 5.31. The minimum Gasteiger partial charge on any atom is -0.508 e. The van der Waals surface area contributed by atoms with E-state index in [1.807, 2.05) is 43.5 Å². The first-order valence-corrected chi connectivity index (χ1v) is 10.2. The van der Waals surface area contributed by atoms with Crippen LogP contribution in [-0.2, 0) is 0 Å². The fourth-order valence-corrected chi connectivity index (χ4v) is 4.02. The second-order valence-electron chi connectivity index (χ2n) is 7.01. The molecule has 0 unspecified atom stereocenters. The van der Waals surface area contributed by atoms with Crippen molar-refractivity contribution in [3.63, 3.8) is 0 Å². The van der Waals surface area contributed by atoms with Crippen LogP contribution >= 0.6 is 11.3 Å². The Morgan fingerprint density at radius 2 is 1.87 bits per heavy atom. The molecule has 30 heavy (non-hydrogen) atoms. The summed E-state index contributed by atoms with van der Waals surface area (Å²) < 4.78 is 0. The van der Waals surface area contributed by atoms with E-state index in [1.54, 1.807) is 30.3 Å². The number of nitrogens with one attached hydrogen (secondary N) is 1. The number of nitrogens with zero attached hydrogens (tertiary/aromatic N) is 2. The number of carbonyl (C=O) groups is 1. The third-order valence-electron chi connectivity index (χ3n) is 4.56. The van der Waals surface area contributed by atoms with Gasteiger partial charge in [0.15, 0.2) is 5.13 Å². The lowest BCUT2D eigenvalue weighted by Gasteiger charge is -2.11. The van der Waals surface area contributed by atoms with Crippen molar-refractivity contribution in [2.45, 2.75) is 13.8 Å². The molecule has 4 aromatic rings. The maximum absolute atomic E-state index is 12.0. The molecule has 4 N–H and O–H groups in total. The number of aromatic nitrogens is 2. The van der Waals surface area contributed by atoms with Crippen LogP contribution in [0.2, 0.25) is 0 Å². The molecule has 0 saturated heterocycles. The lowest BCUT2D eigenvalue weighted by atomic mass is 10.0. The Labute approximate surface area is 178 Å². The first-order valence-electron chi connectivity index (χ1n) is 9.30. The Bertz CT molecular complexity index is 1230. The number of primary amides is 1. The number of hydrogen-bond donors (Lipinski definition) is 3. The summed E-state index contributed by atoms with van der Waals surface area (Å²) in [5.74, 6) is -0.305. The molecule has 4 rings (SSSR count). The number of aromatic hydroxyl groups is 1. The van der Waals surface area contributed by atoms with Crippen molar-refractivity contribution >= 4 is 28.1 Å². The lowest BCUT2D eigenvalue weighted by Crippen LogP contribution is -2.13. The Morgan fingerprint density at radius 1 is 1.03 bits per heavy atom. The summed E-state index contributed by atoms with van der Waals surface area (Å²) in [5, 5.41) is 15.6. The van der Waals surface area contributed by atoms with Gasteiger partial charge in [0.05, 0.1) is 11.4 Å². The molecule has 2 aromatic carbocycles. The first-order chi connectivity index (χ1) is 14.4. The Kier molecular flexibility index (Phi) is 5.20. The topological polar surface area (TPSA) is 101 Å². The second-order valence-corrected chi connectivity index (χ2v) is 7.87. The fraction of sp³-hybridized carbons (Fsp3) is 0.0870. The number of benzene rings is 2. The van der Waals surface area contributed by atoms with E-state index < -0.39 is 5.91 Å². The van der Waals surface area contributed by atoms with Crippen molar-refractivity contribution in [3.05, 3.63) is 76.8 Å². The number of nitrogens with two attached hydrogens (primary N) is 1. The number of amides is 1. The molecule has 0 saturated carbocycles. The predicted molar refractivity (Wildman–Crippen MR) is 120 cm³/mol. The van der Waals surface area contributed by atoms with E-state index in [0.29, 0.717) is 22.0 Å². The van der Waals surface area contributed by atoms with E-state index in [9.17, 15) is 9.90 Å². The largest absolute Gasteiger partial charge is 0.508 e. The SMILES string of the molecule is Cc1cc(C)nc(-c2cc(Nc3nc(-c4cccc(O)c4)cs3)ccc2C(N)=O)c1. The van der Waals surface area contributed by atoms with Crippen LogP contribution in [0, 0.1) is 13.8 Å². The summed E-state index contributed by atoms with van der Waals surface area (Å²) in [6, 6.07) is 16.2. The molecule has 0 fully saturated rings. The number of thiazole rings is 1. The molecule has 0 radical (unpaired) electrons. The minimum absolute atomic E-state index is 0.197. The van der Waals surface area contributed by atoms with Gasteiger partial charge >= 0.3 is 0 Å². The molecule has 2 aromatic heterocycles. The zero-order chi connectivity index (χ0) is 21.3. The Hall–Kier alpha value is -3.71. The van der Waals surface area contributed by atoms with Gasteiger partial charge in [0.2, 0.25) is 5.91 Å². The van der Waals surface area contributed by atoms with E-state index >= 15 is 0 Å². The number of hydrogen-bond acceptors (Lipinski definition) is 6. The number of pyridine rings is 1. The molecule has 0 spiro atoms. The number of phenols is 1. The van der Waals surface area contributed by atoms with Crippen LogP contribution in [0.15, 0.2) is 60.0 Å². The first kappa shape index (κ1) is 19.6. The smallest absolute Gasteiger partial charge is 0.249 e. The number of aryl methyl sites for hydroxylation is 2. The fourth-order valence-electron chi connectivity index (χ4n) is 3.28. The van der Waals surface area contributed by atoms with E-state index in [-0.39, 0.29) is 5.75 Å². The normalized spacial score (nSPS) is 10.7. The number of anilines is 2. The van der Waals surface area contributed by atoms with Crippen LogP contribution in [0.4, 0.5) is 10.8 Å². The van der Waals surface area contributed by atoms with Gasteiger partial charge in [-0.1, -0.05) is 12.1 Å². The molecule has 2 heterocycles. The van der Waals surface area contributed by atoms with Crippen LogP contribution in [0.5, 0.6) is 5.75 Å². The van der Waals surface area contributed by atoms with Crippen molar-refractivity contribution in [3.8, 4) is 28.3 Å². The van der Waals surface area contributed by atoms with Gasteiger partial charge in [-0.2, -0.15) is 0 Å². The zero-order valence-corrected chi connectivity index (χ0v) is 17.3. The molecular weight excluding hydrogens is 396 g/mol. The summed E-state index contributed by atoms with van der Waals surface area (Å²) in [5.41, 5.74) is 11.7. The standard InChI is InChI=1S/C23H20N4O2S/c1-13-8-14(2)25-20(9-13)19-11-16(6-7-18(19)22(24)29)26-23-27-21(12-30-23)15-4-3-5-17(28)10-15/h3-12,28H,1-2H3,(H2,24,29)(H,26,27). The van der Waals surface area contributed by atoms with E-state index in [1.165, 1.54) is 11.3 Å². The average molecular weight is 417 g/mol. The van der Waals surface area contributed by atoms with E-state index in [0.717, 1.165) is 28.2 Å². The molecule has 0 aliphatic carbocycles. The summed E-state index contributed by atoms with van der Waals surface area (Å²) >= 11 is 1.45. The van der Waals surface area contributed by atoms with Crippen molar-refractivity contribution in [1.29, 1.82) is 0 Å². The maximum atomic E-state index is 12.0. The highest BCUT2D eigenvalue weighted by Crippen LogP contribution is 2.31. The molecular formula is C23H20N4O2S. The monoisotopic (exact) mass is 416 g/mol. The highest BCUT2D eigenvalue weighted by Gasteiger charge is 2.14. The van der Waals surface area contributed by atoms with Gasteiger partial charge in [-0.25, -0.2) is 4.98 Å².